The van der Waals surface area contributed by atoms with Gasteiger partial charge >= 0.3 is 41.8 Å². The van der Waals surface area contributed by atoms with Crippen LogP contribution in [0.4, 0.5) is 0 Å². The Morgan fingerprint density at radius 2 is 0.901 bits per heavy atom. The smallest absolute Gasteiger partial charge is 0.306 e. The minimum absolute atomic E-state index is 0.00668. The molecular weight excluding hydrogens is 1070 g/mol. The summed E-state index contributed by atoms with van der Waals surface area (Å²) in [4.78, 5) is 148. The van der Waals surface area contributed by atoms with Gasteiger partial charge in [-0.3, -0.25) is 57.5 Å². The molecule has 10 unspecified atom stereocenters. The molecule has 5 N–H and O–H groups in total. The first-order valence-corrected chi connectivity index (χ1v) is 27.2. The van der Waals surface area contributed by atoms with E-state index in [9.17, 15) is 57.5 Å². The van der Waals surface area contributed by atoms with Crippen molar-refractivity contribution in [2.45, 2.75) is 226 Å². The lowest BCUT2D eigenvalue weighted by Gasteiger charge is -2.44. The van der Waals surface area contributed by atoms with Crippen LogP contribution in [0.1, 0.15) is 153 Å². The van der Waals surface area contributed by atoms with Gasteiger partial charge in [0, 0.05) is 94.3 Å². The molecule has 0 aromatic carbocycles. The van der Waals surface area contributed by atoms with E-state index in [2.05, 4.69) is 26.6 Å². The summed E-state index contributed by atoms with van der Waals surface area (Å²) < 4.78 is 61.3. The highest BCUT2D eigenvalue weighted by Crippen LogP contribution is 2.30. The molecule has 2 rings (SSSR count). The van der Waals surface area contributed by atoms with Gasteiger partial charge < -0.3 is 78.7 Å². The second kappa shape index (κ2) is 36.8. The van der Waals surface area contributed by atoms with Crippen LogP contribution in [0.3, 0.4) is 0 Å². The van der Waals surface area contributed by atoms with Crippen molar-refractivity contribution in [3.8, 4) is 0 Å². The third-order valence-electron chi connectivity index (χ3n) is 11.7. The van der Waals surface area contributed by atoms with Crippen LogP contribution in [0.15, 0.2) is 0 Å². The van der Waals surface area contributed by atoms with E-state index in [1.165, 1.54) is 13.8 Å². The molecule has 81 heavy (non-hydrogen) atoms. The van der Waals surface area contributed by atoms with Gasteiger partial charge in [-0.1, -0.05) is 6.42 Å². The maximum Gasteiger partial charge on any atom is 0.306 e. The Hall–Kier alpha value is -6.52. The van der Waals surface area contributed by atoms with Crippen LogP contribution in [-0.2, 0) is 110 Å². The summed E-state index contributed by atoms with van der Waals surface area (Å²) >= 11 is 0. The summed E-state index contributed by atoms with van der Waals surface area (Å²) in [5, 5.41) is 13.7. The van der Waals surface area contributed by atoms with Gasteiger partial charge in [0.25, 0.3) is 0 Å². The van der Waals surface area contributed by atoms with E-state index in [-0.39, 0.29) is 83.1 Å². The summed E-state index contributed by atoms with van der Waals surface area (Å²) in [6.07, 6.45) is -6.49. The lowest BCUT2D eigenvalue weighted by molar-refractivity contribution is -0.277. The zero-order chi connectivity index (χ0) is 60.8. The van der Waals surface area contributed by atoms with Crippen molar-refractivity contribution in [2.24, 2.45) is 0 Å². The topological polar surface area (TPSA) is 367 Å². The Balaban J connectivity index is 2.04. The minimum Gasteiger partial charge on any atom is -0.463 e. The lowest BCUT2D eigenvalue weighted by atomic mass is 9.96. The van der Waals surface area contributed by atoms with Gasteiger partial charge in [0.15, 0.2) is 37.0 Å². The van der Waals surface area contributed by atoms with Crippen molar-refractivity contribution in [3.63, 3.8) is 0 Å². The van der Waals surface area contributed by atoms with Crippen molar-refractivity contribution in [2.75, 3.05) is 39.5 Å². The molecule has 0 saturated carbocycles. The van der Waals surface area contributed by atoms with Crippen molar-refractivity contribution in [1.29, 1.82) is 0 Å². The number of rotatable bonds is 34. The quantitative estimate of drug-likeness (QED) is 0.0342. The highest BCUT2D eigenvalue weighted by atomic mass is 16.7. The predicted molar refractivity (Wildman–Crippen MR) is 279 cm³/mol. The standard InChI is InChI=1S/C53H85N5O23/c1-30(59)56-44-48(77-36(7)65)46(75-34(5)63)39(28-73-32(3)61)79-51(44)71-26-18-15-21-42(68)58-38(50(70)55-25-16-12-13-23-43(69)81-53(9,10)11)20-14-17-24-54-41(67)22-19-27-72-52-45(57-31(2)60)49(78-37(8)66)47(76-35(6)64)40(80-52)29-74-33(4)62/h38-40,44-49,51-52H,12-29H2,1-11H3,(H,54,67)(H,55,70)(H,56,59)(H,57,60)(H,58,68)/t38-,39?,40?,44?,45?,46?,47?,48?,49?,51?,52?/m0/s1. The first-order valence-electron chi connectivity index (χ1n) is 27.2. The van der Waals surface area contributed by atoms with Crippen molar-refractivity contribution >= 4 is 71.3 Å². The van der Waals surface area contributed by atoms with Crippen LogP contribution in [0.5, 0.6) is 0 Å². The maximum absolute atomic E-state index is 13.5. The Morgan fingerprint density at radius 1 is 0.469 bits per heavy atom. The molecule has 28 heteroatoms. The predicted octanol–water partition coefficient (Wildman–Crippen LogP) is 1.07. The number of nitrogens with one attached hydrogen (secondary N) is 5. The van der Waals surface area contributed by atoms with Gasteiger partial charge in [-0.25, -0.2) is 0 Å². The first kappa shape index (κ1) is 70.6. The van der Waals surface area contributed by atoms with Crippen LogP contribution in [-0.4, -0.2) is 184 Å². The SMILES string of the molecule is CC(=O)NC1C(OCCCCC(=O)N[C@@H](CCCCNC(=O)CCCOC2OC(COC(C)=O)C(OC(C)=O)C(OC(C)=O)C2NC(C)=O)C(=O)NCCCCCC(=O)OC(C)(C)C)OC(COC(C)=O)C(OC(C)=O)C1OC(C)=O. The second-order valence-electron chi connectivity index (χ2n) is 20.4. The molecular formula is C53H85N5O23. The molecule has 0 aromatic heterocycles. The number of carbonyl (C=O) groups is 12. The molecule has 2 fully saturated rings. The van der Waals surface area contributed by atoms with E-state index in [0.717, 1.165) is 41.5 Å². The molecule has 0 spiro atoms. The molecule has 28 nitrogen and oxygen atoms in total. The summed E-state index contributed by atoms with van der Waals surface area (Å²) in [6.45, 7) is 14.1. The first-order chi connectivity index (χ1) is 38.1. The number of hydrogen-bond acceptors (Lipinski definition) is 23. The average Bonchev–Trinajstić information content (AvgIpc) is 3.36. The van der Waals surface area contributed by atoms with Crippen LogP contribution in [0.2, 0.25) is 0 Å². The third kappa shape index (κ3) is 29.7. The zero-order valence-corrected chi connectivity index (χ0v) is 48.5. The Morgan fingerprint density at radius 3 is 1.36 bits per heavy atom. The number of ether oxygens (including phenoxy) is 11. The highest BCUT2D eigenvalue weighted by molar-refractivity contribution is 5.87. The monoisotopic (exact) mass is 1160 g/mol. The van der Waals surface area contributed by atoms with E-state index in [4.69, 9.17) is 52.1 Å². The molecule has 0 bridgehead atoms. The molecule has 460 valence electrons. The molecule has 2 heterocycles. The average molecular weight is 1160 g/mol. The van der Waals surface area contributed by atoms with Gasteiger partial charge in [0.05, 0.1) is 6.61 Å². The minimum atomic E-state index is -1.31. The number of esters is 7. The van der Waals surface area contributed by atoms with E-state index in [1.807, 2.05) is 0 Å². The second-order valence-corrected chi connectivity index (χ2v) is 20.4. The number of hydrogen-bond donors (Lipinski definition) is 5. The summed E-state index contributed by atoms with van der Waals surface area (Å²) in [5.74, 6) is -7.02. The van der Waals surface area contributed by atoms with E-state index < -0.39 is 146 Å². The van der Waals surface area contributed by atoms with Gasteiger partial charge in [-0.15, -0.1) is 0 Å². The Bertz CT molecular complexity index is 2120. The number of carbonyl (C=O) groups excluding carboxylic acids is 12. The fraction of sp³-hybridized carbons (Fsp3) is 0.774. The van der Waals surface area contributed by atoms with E-state index in [1.54, 1.807) is 20.8 Å². The molecule has 0 radical (unpaired) electrons. The largest absolute Gasteiger partial charge is 0.463 e. The van der Waals surface area contributed by atoms with Gasteiger partial charge in [0.1, 0.15) is 49.1 Å². The fourth-order valence-corrected chi connectivity index (χ4v) is 8.51. The van der Waals surface area contributed by atoms with Crippen LogP contribution in [0.25, 0.3) is 0 Å². The molecule has 2 aliphatic heterocycles. The Kier molecular flexibility index (Phi) is 32.0. The van der Waals surface area contributed by atoms with E-state index in [0.29, 0.717) is 32.1 Å². The Labute approximate surface area is 472 Å². The molecule has 0 aliphatic carbocycles. The molecule has 2 saturated heterocycles. The highest BCUT2D eigenvalue weighted by Gasteiger charge is 2.53. The van der Waals surface area contributed by atoms with E-state index >= 15 is 0 Å². The maximum atomic E-state index is 13.5. The summed E-state index contributed by atoms with van der Waals surface area (Å²) in [7, 11) is 0. The number of amides is 5. The van der Waals surface area contributed by atoms with Crippen molar-refractivity contribution < 1.29 is 110 Å². The van der Waals surface area contributed by atoms with Crippen LogP contribution in [0, 0.1) is 0 Å². The molecule has 0 aromatic rings. The van der Waals surface area contributed by atoms with Crippen molar-refractivity contribution in [1.82, 2.24) is 26.6 Å². The van der Waals surface area contributed by atoms with Crippen LogP contribution < -0.4 is 26.6 Å². The summed E-state index contributed by atoms with van der Waals surface area (Å²) in [5.41, 5.74) is -0.605. The zero-order valence-electron chi connectivity index (χ0n) is 48.5. The molecule has 11 atom stereocenters. The third-order valence-corrected chi connectivity index (χ3v) is 11.7. The normalized spacial score (nSPS) is 22.7. The van der Waals surface area contributed by atoms with Gasteiger partial charge in [-0.2, -0.15) is 0 Å². The lowest BCUT2D eigenvalue weighted by Crippen LogP contribution is -2.66. The summed E-state index contributed by atoms with van der Waals surface area (Å²) in [6, 6.07) is -3.30. The number of unbranched alkanes of at least 4 members (excludes halogenated alkanes) is 4. The fourth-order valence-electron chi connectivity index (χ4n) is 8.51. The molecule has 5 amide bonds. The van der Waals surface area contributed by atoms with Crippen molar-refractivity contribution in [3.05, 3.63) is 0 Å². The van der Waals surface area contributed by atoms with Crippen LogP contribution >= 0.6 is 0 Å². The molecule has 2 aliphatic rings. The van der Waals surface area contributed by atoms with Gasteiger partial charge in [-0.05, 0) is 72.1 Å². The van der Waals surface area contributed by atoms with Gasteiger partial charge in [0.2, 0.25) is 29.5 Å².